The van der Waals surface area contributed by atoms with Crippen molar-refractivity contribution in [1.82, 2.24) is 15.2 Å². The Morgan fingerprint density at radius 3 is 2.55 bits per heavy atom. The number of halogens is 1. The Labute approximate surface area is 194 Å². The summed E-state index contributed by atoms with van der Waals surface area (Å²) in [6, 6.07) is 15.9. The third kappa shape index (κ3) is 4.47. The summed E-state index contributed by atoms with van der Waals surface area (Å²) < 4.78 is 14.4. The number of hydrogen-bond acceptors (Lipinski definition) is 3. The van der Waals surface area contributed by atoms with E-state index in [1.807, 2.05) is 44.2 Å². The molecular formula is C27H30FN3O2. The standard InChI is InChI=1S/C27H30FN3O2/c1-17(2)29-25(32)20-15-24(30-23-12-8-5-9-19(20)23)18-13-14-31(16-18)26(33)27(3,4)21-10-6-7-11-22(21)28/h5-12,15,17-18H,13-14,16H2,1-4H3,(H,29,32)/t18-/m0/s1. The maximum Gasteiger partial charge on any atom is 0.252 e. The van der Waals surface area contributed by atoms with Crippen LogP contribution in [-0.4, -0.2) is 40.8 Å². The first-order valence-electron chi connectivity index (χ1n) is 11.4. The number of fused-ring (bicyclic) bond motifs is 1. The Bertz CT molecular complexity index is 1200. The molecule has 1 N–H and O–H groups in total. The first-order chi connectivity index (χ1) is 15.7. The van der Waals surface area contributed by atoms with Gasteiger partial charge >= 0.3 is 0 Å². The Hall–Kier alpha value is -3.28. The zero-order chi connectivity index (χ0) is 23.8. The molecule has 2 amide bonds. The molecule has 3 aromatic rings. The molecule has 1 aliphatic heterocycles. The van der Waals surface area contributed by atoms with Gasteiger partial charge in [-0.2, -0.15) is 0 Å². The Morgan fingerprint density at radius 1 is 1.12 bits per heavy atom. The Morgan fingerprint density at radius 2 is 1.82 bits per heavy atom. The molecule has 0 radical (unpaired) electrons. The number of aromatic nitrogens is 1. The highest BCUT2D eigenvalue weighted by molar-refractivity contribution is 6.06. The molecule has 1 aliphatic rings. The number of rotatable bonds is 5. The van der Waals surface area contributed by atoms with Crippen molar-refractivity contribution >= 4 is 22.7 Å². The second kappa shape index (κ2) is 8.93. The van der Waals surface area contributed by atoms with Gasteiger partial charge in [0.15, 0.2) is 0 Å². The fraction of sp³-hybridized carbons (Fsp3) is 0.370. The summed E-state index contributed by atoms with van der Waals surface area (Å²) in [6.07, 6.45) is 0.746. The number of nitrogens with zero attached hydrogens (tertiary/aromatic N) is 2. The minimum absolute atomic E-state index is 0.0144. The van der Waals surface area contributed by atoms with Crippen LogP contribution >= 0.6 is 0 Å². The molecule has 2 aromatic carbocycles. The van der Waals surface area contributed by atoms with E-state index in [1.165, 1.54) is 6.07 Å². The van der Waals surface area contributed by atoms with Gasteiger partial charge in [-0.3, -0.25) is 14.6 Å². The van der Waals surface area contributed by atoms with Gasteiger partial charge in [0.1, 0.15) is 5.82 Å². The Balaban J connectivity index is 1.61. The summed E-state index contributed by atoms with van der Waals surface area (Å²) in [5.74, 6) is -0.589. The van der Waals surface area contributed by atoms with E-state index in [0.717, 1.165) is 23.0 Å². The molecule has 172 valence electrons. The van der Waals surface area contributed by atoms with Crippen LogP contribution in [0.4, 0.5) is 4.39 Å². The van der Waals surface area contributed by atoms with Crippen LogP contribution in [0, 0.1) is 5.82 Å². The van der Waals surface area contributed by atoms with Crippen molar-refractivity contribution in [3.05, 3.63) is 77.2 Å². The van der Waals surface area contributed by atoms with Crippen molar-refractivity contribution in [2.75, 3.05) is 13.1 Å². The molecule has 0 saturated carbocycles. The number of nitrogens with one attached hydrogen (secondary N) is 1. The molecule has 2 heterocycles. The van der Waals surface area contributed by atoms with Crippen molar-refractivity contribution in [3.63, 3.8) is 0 Å². The number of amides is 2. The summed E-state index contributed by atoms with van der Waals surface area (Å²) in [4.78, 5) is 32.9. The van der Waals surface area contributed by atoms with E-state index in [4.69, 9.17) is 4.98 Å². The summed E-state index contributed by atoms with van der Waals surface area (Å²) >= 11 is 0. The molecule has 1 saturated heterocycles. The number of pyridine rings is 1. The van der Waals surface area contributed by atoms with Crippen molar-refractivity contribution in [1.29, 1.82) is 0 Å². The van der Waals surface area contributed by atoms with Crippen molar-refractivity contribution in [3.8, 4) is 0 Å². The lowest BCUT2D eigenvalue weighted by Gasteiger charge is -2.30. The number of carbonyl (C=O) groups is 2. The quantitative estimate of drug-likeness (QED) is 0.611. The third-order valence-corrected chi connectivity index (χ3v) is 6.38. The lowest BCUT2D eigenvalue weighted by Crippen LogP contribution is -2.42. The fourth-order valence-corrected chi connectivity index (χ4v) is 4.60. The van der Waals surface area contributed by atoms with Crippen molar-refractivity contribution in [2.24, 2.45) is 0 Å². The number of hydrogen-bond donors (Lipinski definition) is 1. The van der Waals surface area contributed by atoms with Crippen LogP contribution in [0.15, 0.2) is 54.6 Å². The van der Waals surface area contributed by atoms with Crippen LogP contribution in [0.5, 0.6) is 0 Å². The summed E-state index contributed by atoms with van der Waals surface area (Å²) in [6.45, 7) is 8.46. The van der Waals surface area contributed by atoms with E-state index in [0.29, 0.717) is 24.2 Å². The Kier molecular flexibility index (Phi) is 6.19. The molecular weight excluding hydrogens is 417 g/mol. The zero-order valence-electron chi connectivity index (χ0n) is 19.6. The van der Waals surface area contributed by atoms with Gasteiger partial charge in [0.2, 0.25) is 5.91 Å². The maximum absolute atomic E-state index is 14.4. The van der Waals surface area contributed by atoms with Gasteiger partial charge in [0.25, 0.3) is 5.91 Å². The van der Waals surface area contributed by atoms with Gasteiger partial charge in [0, 0.05) is 41.7 Å². The second-order valence-corrected chi connectivity index (χ2v) is 9.58. The van der Waals surface area contributed by atoms with Crippen LogP contribution in [0.1, 0.15) is 61.6 Å². The topological polar surface area (TPSA) is 62.3 Å². The van der Waals surface area contributed by atoms with Crippen LogP contribution in [0.25, 0.3) is 10.9 Å². The maximum atomic E-state index is 14.4. The molecule has 5 nitrogen and oxygen atoms in total. The fourth-order valence-electron chi connectivity index (χ4n) is 4.60. The van der Waals surface area contributed by atoms with E-state index >= 15 is 0 Å². The second-order valence-electron chi connectivity index (χ2n) is 9.58. The number of likely N-dealkylation sites (tertiary alicyclic amines) is 1. The lowest BCUT2D eigenvalue weighted by atomic mass is 9.83. The van der Waals surface area contributed by atoms with E-state index in [-0.39, 0.29) is 29.6 Å². The minimum atomic E-state index is -0.973. The SMILES string of the molecule is CC(C)NC(=O)c1cc([C@H]2CCN(C(=O)C(C)(C)c3ccccc3F)C2)nc2ccccc12. The van der Waals surface area contributed by atoms with Gasteiger partial charge < -0.3 is 10.2 Å². The molecule has 0 aliphatic carbocycles. The zero-order valence-corrected chi connectivity index (χ0v) is 19.6. The van der Waals surface area contributed by atoms with Gasteiger partial charge in [-0.25, -0.2) is 4.39 Å². The van der Waals surface area contributed by atoms with E-state index in [1.54, 1.807) is 36.9 Å². The molecule has 1 atom stereocenters. The smallest absolute Gasteiger partial charge is 0.252 e. The molecule has 1 fully saturated rings. The van der Waals surface area contributed by atoms with E-state index < -0.39 is 5.41 Å². The predicted octanol–water partition coefficient (Wildman–Crippen LogP) is 4.81. The van der Waals surface area contributed by atoms with Crippen LogP contribution in [0.2, 0.25) is 0 Å². The average molecular weight is 448 g/mol. The van der Waals surface area contributed by atoms with Gasteiger partial charge in [-0.15, -0.1) is 0 Å². The predicted molar refractivity (Wildman–Crippen MR) is 128 cm³/mol. The molecule has 0 bridgehead atoms. The highest BCUT2D eigenvalue weighted by atomic mass is 19.1. The molecule has 33 heavy (non-hydrogen) atoms. The van der Waals surface area contributed by atoms with Crippen LogP contribution < -0.4 is 5.32 Å². The van der Waals surface area contributed by atoms with Gasteiger partial charge in [-0.1, -0.05) is 36.4 Å². The molecule has 0 spiro atoms. The van der Waals surface area contributed by atoms with E-state index in [9.17, 15) is 14.0 Å². The van der Waals surface area contributed by atoms with Crippen molar-refractivity contribution in [2.45, 2.75) is 51.5 Å². The molecule has 0 unspecified atom stereocenters. The summed E-state index contributed by atoms with van der Waals surface area (Å²) in [7, 11) is 0. The normalized spacial score (nSPS) is 16.4. The number of para-hydroxylation sites is 1. The van der Waals surface area contributed by atoms with Gasteiger partial charge in [0.05, 0.1) is 16.5 Å². The monoisotopic (exact) mass is 447 g/mol. The highest BCUT2D eigenvalue weighted by Crippen LogP contribution is 2.34. The number of benzene rings is 2. The van der Waals surface area contributed by atoms with Crippen molar-refractivity contribution < 1.29 is 14.0 Å². The summed E-state index contributed by atoms with van der Waals surface area (Å²) in [5, 5.41) is 3.78. The lowest BCUT2D eigenvalue weighted by molar-refractivity contribution is -0.135. The van der Waals surface area contributed by atoms with E-state index in [2.05, 4.69) is 5.32 Å². The summed E-state index contributed by atoms with van der Waals surface area (Å²) in [5.41, 5.74) is 1.59. The van der Waals surface area contributed by atoms with Gasteiger partial charge in [-0.05, 0) is 52.3 Å². The largest absolute Gasteiger partial charge is 0.350 e. The molecule has 6 heteroatoms. The number of carbonyl (C=O) groups excluding carboxylic acids is 2. The van der Waals surface area contributed by atoms with Crippen LogP contribution in [0.3, 0.4) is 0 Å². The minimum Gasteiger partial charge on any atom is -0.350 e. The third-order valence-electron chi connectivity index (χ3n) is 6.38. The molecule has 1 aromatic heterocycles. The first-order valence-corrected chi connectivity index (χ1v) is 11.4. The molecule has 4 rings (SSSR count). The van der Waals surface area contributed by atoms with Crippen LogP contribution in [-0.2, 0) is 10.2 Å². The highest BCUT2D eigenvalue weighted by Gasteiger charge is 2.39. The average Bonchev–Trinajstić information content (AvgIpc) is 3.27. The first kappa shape index (κ1) is 22.9.